The minimum atomic E-state index is -0.164. The van der Waals surface area contributed by atoms with Crippen LogP contribution < -0.4 is 14.4 Å². The SMILES string of the molecule is COc1ccc(CN(Cc2ccc(OC)cc2)c2ncc(CO)cc2C(C)OC)cc1. The van der Waals surface area contributed by atoms with E-state index >= 15 is 0 Å². The minimum absolute atomic E-state index is 0.0618. The molecule has 3 aromatic rings. The molecule has 1 atom stereocenters. The Kier molecular flexibility index (Phi) is 7.87. The molecule has 0 bridgehead atoms. The topological polar surface area (TPSA) is 64.1 Å². The van der Waals surface area contributed by atoms with Crippen LogP contribution in [0.15, 0.2) is 60.8 Å². The molecule has 0 fully saturated rings. The number of nitrogens with zero attached hydrogens (tertiary/aromatic N) is 2. The van der Waals surface area contributed by atoms with E-state index in [1.54, 1.807) is 27.5 Å². The summed E-state index contributed by atoms with van der Waals surface area (Å²) in [6.07, 6.45) is 1.55. The Morgan fingerprint density at radius 2 is 1.35 bits per heavy atom. The molecule has 1 unspecified atom stereocenters. The number of pyridine rings is 1. The van der Waals surface area contributed by atoms with Crippen LogP contribution >= 0.6 is 0 Å². The number of hydrogen-bond donors (Lipinski definition) is 1. The number of anilines is 1. The molecule has 0 aliphatic rings. The monoisotopic (exact) mass is 422 g/mol. The summed E-state index contributed by atoms with van der Waals surface area (Å²) in [7, 11) is 5.00. The van der Waals surface area contributed by atoms with Crippen molar-refractivity contribution in [3.05, 3.63) is 83.0 Å². The van der Waals surface area contributed by atoms with Crippen LogP contribution in [0, 0.1) is 0 Å². The summed E-state index contributed by atoms with van der Waals surface area (Å²) < 4.78 is 16.2. The van der Waals surface area contributed by atoms with Crippen molar-refractivity contribution in [3.8, 4) is 11.5 Å². The van der Waals surface area contributed by atoms with Crippen LogP contribution in [-0.2, 0) is 24.4 Å². The third-order valence-corrected chi connectivity index (χ3v) is 5.29. The van der Waals surface area contributed by atoms with Crippen molar-refractivity contribution in [2.24, 2.45) is 0 Å². The van der Waals surface area contributed by atoms with Crippen molar-refractivity contribution in [2.45, 2.75) is 32.7 Å². The summed E-state index contributed by atoms with van der Waals surface area (Å²) in [5.74, 6) is 2.48. The highest BCUT2D eigenvalue weighted by atomic mass is 16.5. The van der Waals surface area contributed by atoms with Crippen LogP contribution in [0.2, 0.25) is 0 Å². The minimum Gasteiger partial charge on any atom is -0.497 e. The van der Waals surface area contributed by atoms with Crippen LogP contribution in [0.5, 0.6) is 11.5 Å². The number of ether oxygens (including phenoxy) is 3. The Bertz CT molecular complexity index is 909. The van der Waals surface area contributed by atoms with E-state index in [4.69, 9.17) is 19.2 Å². The Morgan fingerprint density at radius 1 is 0.839 bits per heavy atom. The van der Waals surface area contributed by atoms with Crippen molar-refractivity contribution in [1.29, 1.82) is 0 Å². The fraction of sp³-hybridized carbons (Fsp3) is 0.320. The number of rotatable bonds is 10. The number of aromatic nitrogens is 1. The van der Waals surface area contributed by atoms with Crippen LogP contribution in [-0.4, -0.2) is 31.4 Å². The van der Waals surface area contributed by atoms with Crippen LogP contribution in [0.3, 0.4) is 0 Å². The van der Waals surface area contributed by atoms with E-state index in [0.717, 1.165) is 39.6 Å². The molecule has 0 aliphatic heterocycles. The number of aliphatic hydroxyl groups is 1. The second-order valence-corrected chi connectivity index (χ2v) is 7.34. The van der Waals surface area contributed by atoms with Crippen molar-refractivity contribution in [1.82, 2.24) is 4.98 Å². The molecule has 3 rings (SSSR count). The molecule has 0 saturated carbocycles. The lowest BCUT2D eigenvalue weighted by atomic mass is 10.1. The standard InChI is InChI=1S/C25H30N2O4/c1-18(29-2)24-13-21(17-28)14-26-25(24)27(15-19-5-9-22(30-3)10-6-19)16-20-7-11-23(31-4)12-8-20/h5-14,18,28H,15-17H2,1-4H3. The number of methoxy groups -OCH3 is 3. The fourth-order valence-corrected chi connectivity index (χ4v) is 3.41. The smallest absolute Gasteiger partial charge is 0.134 e. The molecule has 1 N–H and O–H groups in total. The highest BCUT2D eigenvalue weighted by Crippen LogP contribution is 2.30. The van der Waals surface area contributed by atoms with Gasteiger partial charge in [0.25, 0.3) is 0 Å². The molecule has 31 heavy (non-hydrogen) atoms. The van der Waals surface area contributed by atoms with Crippen molar-refractivity contribution in [2.75, 3.05) is 26.2 Å². The zero-order valence-corrected chi connectivity index (χ0v) is 18.5. The van der Waals surface area contributed by atoms with Gasteiger partial charge in [0.15, 0.2) is 0 Å². The van der Waals surface area contributed by atoms with Gasteiger partial charge in [0, 0.05) is 32.0 Å². The first kappa shape index (κ1) is 22.6. The quantitative estimate of drug-likeness (QED) is 0.519. The largest absolute Gasteiger partial charge is 0.497 e. The van der Waals surface area contributed by atoms with Gasteiger partial charge in [-0.1, -0.05) is 24.3 Å². The average Bonchev–Trinajstić information content (AvgIpc) is 2.83. The number of hydrogen-bond acceptors (Lipinski definition) is 6. The molecular weight excluding hydrogens is 392 g/mol. The van der Waals surface area contributed by atoms with Crippen molar-refractivity contribution < 1.29 is 19.3 Å². The molecule has 0 aliphatic carbocycles. The van der Waals surface area contributed by atoms with Gasteiger partial charge >= 0.3 is 0 Å². The Morgan fingerprint density at radius 3 is 1.77 bits per heavy atom. The van der Waals surface area contributed by atoms with Gasteiger partial charge in [0.1, 0.15) is 17.3 Å². The second-order valence-electron chi connectivity index (χ2n) is 7.34. The molecule has 0 spiro atoms. The first-order chi connectivity index (χ1) is 15.1. The van der Waals surface area contributed by atoms with Gasteiger partial charge in [-0.3, -0.25) is 0 Å². The summed E-state index contributed by atoms with van der Waals surface area (Å²) in [5, 5.41) is 9.60. The van der Waals surface area contributed by atoms with E-state index in [9.17, 15) is 5.11 Å². The van der Waals surface area contributed by atoms with Gasteiger partial charge in [0.2, 0.25) is 0 Å². The maximum atomic E-state index is 9.60. The first-order valence-corrected chi connectivity index (χ1v) is 10.2. The van der Waals surface area contributed by atoms with Gasteiger partial charge in [-0.25, -0.2) is 4.98 Å². The zero-order chi connectivity index (χ0) is 22.2. The highest BCUT2D eigenvalue weighted by molar-refractivity contribution is 5.51. The maximum absolute atomic E-state index is 9.60. The first-order valence-electron chi connectivity index (χ1n) is 10.2. The third-order valence-electron chi connectivity index (χ3n) is 5.29. The van der Waals surface area contributed by atoms with Crippen LogP contribution in [0.1, 0.15) is 35.3 Å². The number of aliphatic hydroxyl groups excluding tert-OH is 1. The fourth-order valence-electron chi connectivity index (χ4n) is 3.41. The molecule has 0 radical (unpaired) electrons. The van der Waals surface area contributed by atoms with Gasteiger partial charge < -0.3 is 24.2 Å². The molecule has 0 saturated heterocycles. The maximum Gasteiger partial charge on any atom is 0.134 e. The summed E-state index contributed by atoms with van der Waals surface area (Å²) in [6, 6.07) is 18.0. The molecule has 1 aromatic heterocycles. The number of benzene rings is 2. The predicted molar refractivity (Wildman–Crippen MR) is 121 cm³/mol. The van der Waals surface area contributed by atoms with Gasteiger partial charge in [-0.2, -0.15) is 0 Å². The predicted octanol–water partition coefficient (Wildman–Crippen LogP) is 4.51. The summed E-state index contributed by atoms with van der Waals surface area (Å²) in [5.41, 5.74) is 3.98. The van der Waals surface area contributed by atoms with E-state index < -0.39 is 0 Å². The summed E-state index contributed by atoms with van der Waals surface area (Å²) in [4.78, 5) is 6.93. The van der Waals surface area contributed by atoms with E-state index in [1.807, 2.05) is 37.3 Å². The molecule has 1 heterocycles. The van der Waals surface area contributed by atoms with Crippen molar-refractivity contribution in [3.63, 3.8) is 0 Å². The van der Waals surface area contributed by atoms with Gasteiger partial charge in [-0.05, 0) is 53.9 Å². The van der Waals surface area contributed by atoms with Gasteiger partial charge in [0.05, 0.1) is 26.9 Å². The van der Waals surface area contributed by atoms with Crippen LogP contribution in [0.25, 0.3) is 0 Å². The highest BCUT2D eigenvalue weighted by Gasteiger charge is 2.19. The lowest BCUT2D eigenvalue weighted by Gasteiger charge is -2.28. The summed E-state index contributed by atoms with van der Waals surface area (Å²) in [6.45, 7) is 3.24. The zero-order valence-electron chi connectivity index (χ0n) is 18.5. The van der Waals surface area contributed by atoms with E-state index in [0.29, 0.717) is 13.1 Å². The Balaban J connectivity index is 1.99. The lowest BCUT2D eigenvalue weighted by molar-refractivity contribution is 0.119. The molecule has 164 valence electrons. The Labute approximate surface area is 184 Å². The van der Waals surface area contributed by atoms with Crippen LogP contribution in [0.4, 0.5) is 5.82 Å². The summed E-state index contributed by atoms with van der Waals surface area (Å²) >= 11 is 0. The molecule has 6 nitrogen and oxygen atoms in total. The average molecular weight is 423 g/mol. The normalized spacial score (nSPS) is 11.8. The van der Waals surface area contributed by atoms with Crippen molar-refractivity contribution >= 4 is 5.82 Å². The lowest BCUT2D eigenvalue weighted by Crippen LogP contribution is -2.25. The van der Waals surface area contributed by atoms with E-state index in [2.05, 4.69) is 29.2 Å². The molecular formula is C25H30N2O4. The van der Waals surface area contributed by atoms with E-state index in [-0.39, 0.29) is 12.7 Å². The third kappa shape index (κ3) is 5.75. The second kappa shape index (κ2) is 10.8. The Hall–Kier alpha value is -3.09. The van der Waals surface area contributed by atoms with Gasteiger partial charge in [-0.15, -0.1) is 0 Å². The van der Waals surface area contributed by atoms with E-state index in [1.165, 1.54) is 0 Å². The molecule has 0 amide bonds. The molecule has 6 heteroatoms. The molecule has 2 aromatic carbocycles.